The average molecular weight is 328 g/mol. The Balaban J connectivity index is 1.71. The first-order valence-corrected chi connectivity index (χ1v) is 7.37. The van der Waals surface area contributed by atoms with Crippen LogP contribution in [0.2, 0.25) is 0 Å². The van der Waals surface area contributed by atoms with Gasteiger partial charge in [-0.3, -0.25) is 4.79 Å². The van der Waals surface area contributed by atoms with Gasteiger partial charge in [0.2, 0.25) is 5.91 Å². The zero-order chi connectivity index (χ0) is 17.1. The topological polar surface area (TPSA) is 121 Å². The molecule has 2 heterocycles. The maximum atomic E-state index is 12.2. The van der Waals surface area contributed by atoms with E-state index in [0.29, 0.717) is 17.0 Å². The number of nitrogens with zero attached hydrogens (tertiary/aromatic N) is 2. The van der Waals surface area contributed by atoms with Crippen molar-refractivity contribution in [3.8, 4) is 0 Å². The molecule has 0 bridgehead atoms. The van der Waals surface area contributed by atoms with Crippen LogP contribution >= 0.6 is 0 Å². The summed E-state index contributed by atoms with van der Waals surface area (Å²) < 4.78 is 5.18. The van der Waals surface area contributed by atoms with Gasteiger partial charge in [0, 0.05) is 23.7 Å². The lowest BCUT2D eigenvalue weighted by Gasteiger charge is -2.13. The molecule has 0 aliphatic rings. The van der Waals surface area contributed by atoms with Crippen molar-refractivity contribution in [2.75, 3.05) is 0 Å². The Kier molecular flexibility index (Phi) is 4.28. The second-order valence-electron chi connectivity index (χ2n) is 5.54. The van der Waals surface area contributed by atoms with Crippen LogP contribution in [0.3, 0.4) is 0 Å². The highest BCUT2D eigenvalue weighted by Crippen LogP contribution is 2.20. The Morgan fingerprint density at radius 2 is 2.25 bits per heavy atom. The molecule has 2 aromatic heterocycles. The first-order chi connectivity index (χ1) is 11.5. The lowest BCUT2D eigenvalue weighted by Crippen LogP contribution is -2.43. The number of fused-ring (bicyclic) bond motifs is 1. The van der Waals surface area contributed by atoms with Crippen LogP contribution in [0.15, 0.2) is 35.2 Å². The summed E-state index contributed by atoms with van der Waals surface area (Å²) in [6.45, 7) is 1.93. The highest BCUT2D eigenvalue weighted by atomic mass is 16.5. The number of imidazole rings is 1. The molecule has 1 amide bonds. The van der Waals surface area contributed by atoms with E-state index in [1.54, 1.807) is 6.07 Å². The second-order valence-corrected chi connectivity index (χ2v) is 5.54. The molecule has 0 spiro atoms. The number of carboxylic acids is 1. The fraction of sp³-hybridized carbons (Fsp3) is 0.250. The quantitative estimate of drug-likeness (QED) is 0.625. The smallest absolute Gasteiger partial charge is 0.326 e. The molecule has 1 aromatic carbocycles. The van der Waals surface area contributed by atoms with Gasteiger partial charge < -0.3 is 19.9 Å². The van der Waals surface area contributed by atoms with Gasteiger partial charge in [-0.1, -0.05) is 16.8 Å². The van der Waals surface area contributed by atoms with Crippen molar-refractivity contribution in [1.82, 2.24) is 20.4 Å². The zero-order valence-corrected chi connectivity index (χ0v) is 12.9. The first kappa shape index (κ1) is 15.7. The first-order valence-electron chi connectivity index (χ1n) is 7.37. The second kappa shape index (κ2) is 6.53. The Morgan fingerprint density at radius 3 is 2.96 bits per heavy atom. The number of aromatic amines is 1. The van der Waals surface area contributed by atoms with Crippen molar-refractivity contribution in [2.24, 2.45) is 0 Å². The predicted molar refractivity (Wildman–Crippen MR) is 84.3 cm³/mol. The monoisotopic (exact) mass is 328 g/mol. The normalized spacial score (nSPS) is 12.2. The maximum Gasteiger partial charge on any atom is 0.326 e. The Hall–Kier alpha value is -3.16. The summed E-state index contributed by atoms with van der Waals surface area (Å²) in [7, 11) is 0. The molecule has 8 nitrogen and oxygen atoms in total. The lowest BCUT2D eigenvalue weighted by atomic mass is 10.1. The molecule has 3 rings (SSSR count). The van der Waals surface area contributed by atoms with Gasteiger partial charge in [-0.25, -0.2) is 9.78 Å². The highest BCUT2D eigenvalue weighted by molar-refractivity contribution is 5.89. The fourth-order valence-corrected chi connectivity index (χ4v) is 2.44. The van der Waals surface area contributed by atoms with E-state index in [2.05, 4.69) is 20.4 Å². The number of rotatable bonds is 6. The number of carboxylic acid groups (broad SMARTS) is 1. The van der Waals surface area contributed by atoms with Crippen molar-refractivity contribution < 1.29 is 19.2 Å². The summed E-state index contributed by atoms with van der Waals surface area (Å²) in [6.07, 6.45) is 3.05. The molecule has 3 aromatic rings. The van der Waals surface area contributed by atoms with Crippen LogP contribution in [-0.4, -0.2) is 38.1 Å². The van der Waals surface area contributed by atoms with Crippen LogP contribution in [0.4, 0.5) is 0 Å². The lowest BCUT2D eigenvalue weighted by molar-refractivity contribution is -0.141. The van der Waals surface area contributed by atoms with Crippen molar-refractivity contribution in [3.63, 3.8) is 0 Å². The standard InChI is InChI=1S/C16H16N4O4/c1-9-2-3-14-11(4-9)12(20-24-14)6-15(21)19-13(16(22)23)5-10-7-17-8-18-10/h2-4,7-8,13H,5-6H2,1H3,(H,17,18)(H,19,21)(H,22,23). The number of hydrogen-bond donors (Lipinski definition) is 3. The van der Waals surface area contributed by atoms with E-state index < -0.39 is 17.9 Å². The van der Waals surface area contributed by atoms with Gasteiger partial charge in [-0.15, -0.1) is 0 Å². The van der Waals surface area contributed by atoms with Crippen LogP contribution in [-0.2, 0) is 22.4 Å². The van der Waals surface area contributed by atoms with E-state index in [-0.39, 0.29) is 12.8 Å². The molecule has 8 heteroatoms. The third kappa shape index (κ3) is 3.43. The summed E-state index contributed by atoms with van der Waals surface area (Å²) in [5.74, 6) is -1.54. The van der Waals surface area contributed by atoms with E-state index >= 15 is 0 Å². The van der Waals surface area contributed by atoms with Gasteiger partial charge in [-0.2, -0.15) is 0 Å². The minimum atomic E-state index is -1.11. The summed E-state index contributed by atoms with van der Waals surface area (Å²) in [6, 6.07) is 4.52. The average Bonchev–Trinajstić information content (AvgIpc) is 3.17. The minimum absolute atomic E-state index is 0.0524. The molecule has 3 N–H and O–H groups in total. The summed E-state index contributed by atoms with van der Waals surface area (Å²) >= 11 is 0. The summed E-state index contributed by atoms with van der Waals surface area (Å²) in [5, 5.41) is 16.4. The molecule has 1 atom stereocenters. The molecule has 0 fully saturated rings. The Bertz CT molecular complexity index is 869. The maximum absolute atomic E-state index is 12.2. The largest absolute Gasteiger partial charge is 0.480 e. The number of amides is 1. The molecular weight excluding hydrogens is 312 g/mol. The number of carbonyl (C=O) groups excluding carboxylic acids is 1. The molecule has 1 unspecified atom stereocenters. The van der Waals surface area contributed by atoms with Gasteiger partial charge in [0.25, 0.3) is 0 Å². The van der Waals surface area contributed by atoms with Crippen LogP contribution in [0.5, 0.6) is 0 Å². The van der Waals surface area contributed by atoms with Crippen molar-refractivity contribution in [3.05, 3.63) is 47.7 Å². The summed E-state index contributed by atoms with van der Waals surface area (Å²) in [5.41, 5.74) is 2.73. The van der Waals surface area contributed by atoms with Gasteiger partial charge in [-0.05, 0) is 19.1 Å². The molecule has 0 saturated heterocycles. The van der Waals surface area contributed by atoms with E-state index in [9.17, 15) is 14.7 Å². The highest BCUT2D eigenvalue weighted by Gasteiger charge is 2.22. The number of nitrogens with one attached hydrogen (secondary N) is 2. The molecule has 24 heavy (non-hydrogen) atoms. The van der Waals surface area contributed by atoms with Crippen molar-refractivity contribution in [2.45, 2.75) is 25.8 Å². The van der Waals surface area contributed by atoms with Crippen LogP contribution in [0.25, 0.3) is 11.0 Å². The third-order valence-corrected chi connectivity index (χ3v) is 3.64. The number of benzene rings is 1. The minimum Gasteiger partial charge on any atom is -0.480 e. The molecule has 0 aliphatic carbocycles. The van der Waals surface area contributed by atoms with Crippen molar-refractivity contribution in [1.29, 1.82) is 0 Å². The predicted octanol–water partition coefficient (Wildman–Crippen LogP) is 1.21. The van der Waals surface area contributed by atoms with Gasteiger partial charge in [0.1, 0.15) is 11.7 Å². The van der Waals surface area contributed by atoms with E-state index in [0.717, 1.165) is 10.9 Å². The summed E-state index contributed by atoms with van der Waals surface area (Å²) in [4.78, 5) is 30.2. The number of aromatic nitrogens is 3. The van der Waals surface area contributed by atoms with Crippen LogP contribution in [0, 0.1) is 6.92 Å². The Morgan fingerprint density at radius 1 is 1.42 bits per heavy atom. The van der Waals surface area contributed by atoms with E-state index in [4.69, 9.17) is 4.52 Å². The van der Waals surface area contributed by atoms with Crippen LogP contribution in [0.1, 0.15) is 17.0 Å². The number of carbonyl (C=O) groups is 2. The van der Waals surface area contributed by atoms with E-state index in [1.165, 1.54) is 12.5 Å². The third-order valence-electron chi connectivity index (χ3n) is 3.64. The molecule has 0 radical (unpaired) electrons. The van der Waals surface area contributed by atoms with Gasteiger partial charge in [0.05, 0.1) is 12.7 Å². The zero-order valence-electron chi connectivity index (χ0n) is 12.9. The number of aliphatic carboxylic acids is 1. The fourth-order valence-electron chi connectivity index (χ4n) is 2.44. The SMILES string of the molecule is Cc1ccc2onc(CC(=O)NC(Cc3cnc[nH]3)C(=O)O)c2c1. The number of aryl methyl sites for hydroxylation is 1. The molecule has 0 saturated carbocycles. The van der Waals surface area contributed by atoms with Crippen molar-refractivity contribution >= 4 is 22.8 Å². The van der Waals surface area contributed by atoms with Gasteiger partial charge in [0.15, 0.2) is 5.58 Å². The van der Waals surface area contributed by atoms with Crippen LogP contribution < -0.4 is 5.32 Å². The molecular formula is C16H16N4O4. The number of H-pyrrole nitrogens is 1. The molecule has 124 valence electrons. The van der Waals surface area contributed by atoms with Gasteiger partial charge >= 0.3 is 5.97 Å². The number of hydrogen-bond acceptors (Lipinski definition) is 5. The molecule has 0 aliphatic heterocycles. The Labute approximate surface area is 136 Å². The van der Waals surface area contributed by atoms with E-state index in [1.807, 2.05) is 19.1 Å².